The quantitative estimate of drug-likeness (QED) is 0.687. The van der Waals surface area contributed by atoms with Crippen LogP contribution in [0.3, 0.4) is 0 Å². The number of alkyl halides is 1. The van der Waals surface area contributed by atoms with Crippen molar-refractivity contribution in [2.75, 3.05) is 6.54 Å². The number of benzene rings is 1. The molecule has 3 nitrogen and oxygen atoms in total. The summed E-state index contributed by atoms with van der Waals surface area (Å²) in [6.07, 6.45) is 1.87. The summed E-state index contributed by atoms with van der Waals surface area (Å²) >= 11 is 5.27. The molecule has 0 aliphatic carbocycles. The van der Waals surface area contributed by atoms with E-state index >= 15 is 0 Å². The van der Waals surface area contributed by atoms with E-state index in [2.05, 4.69) is 15.9 Å². The molecule has 0 fully saturated rings. The molecule has 5 heteroatoms. The predicted molar refractivity (Wildman–Crippen MR) is 69.7 cm³/mol. The average Bonchev–Trinajstić information content (AvgIpc) is 2.62. The SMILES string of the molecule is NC(=O)CN1C=CSC1(Br)c1ccccc1. The van der Waals surface area contributed by atoms with E-state index in [4.69, 9.17) is 5.73 Å². The van der Waals surface area contributed by atoms with Crippen molar-refractivity contribution in [3.05, 3.63) is 47.5 Å². The molecule has 1 aromatic carbocycles. The Morgan fingerprint density at radius 1 is 1.44 bits per heavy atom. The fourth-order valence-electron chi connectivity index (χ4n) is 1.56. The smallest absolute Gasteiger partial charge is 0.237 e. The second kappa shape index (κ2) is 4.51. The van der Waals surface area contributed by atoms with Gasteiger partial charge >= 0.3 is 0 Å². The van der Waals surface area contributed by atoms with Crippen LogP contribution in [-0.2, 0) is 8.57 Å². The Morgan fingerprint density at radius 2 is 2.12 bits per heavy atom. The molecule has 0 saturated heterocycles. The fourth-order valence-corrected chi connectivity index (χ4v) is 3.31. The summed E-state index contributed by atoms with van der Waals surface area (Å²) in [5.41, 5.74) is 6.32. The minimum atomic E-state index is -0.413. The number of thioether (sulfide) groups is 1. The fraction of sp³-hybridized carbons (Fsp3) is 0.182. The van der Waals surface area contributed by atoms with Crippen LogP contribution < -0.4 is 5.73 Å². The maximum Gasteiger partial charge on any atom is 0.237 e. The van der Waals surface area contributed by atoms with Gasteiger partial charge in [-0.3, -0.25) is 4.79 Å². The lowest BCUT2D eigenvalue weighted by molar-refractivity contribution is -0.118. The highest BCUT2D eigenvalue weighted by Gasteiger charge is 2.38. The third-order valence-electron chi connectivity index (χ3n) is 2.29. The molecule has 0 bridgehead atoms. The number of nitrogens with two attached hydrogens (primary N) is 1. The number of carbonyl (C=O) groups is 1. The summed E-state index contributed by atoms with van der Waals surface area (Å²) in [5.74, 6) is -0.341. The van der Waals surface area contributed by atoms with Crippen molar-refractivity contribution in [2.24, 2.45) is 5.73 Å². The van der Waals surface area contributed by atoms with E-state index < -0.39 is 3.78 Å². The molecular weight excluding hydrogens is 288 g/mol. The van der Waals surface area contributed by atoms with Crippen molar-refractivity contribution in [1.82, 2.24) is 4.90 Å². The maximum atomic E-state index is 11.0. The molecule has 2 rings (SSSR count). The van der Waals surface area contributed by atoms with Crippen LogP contribution in [0.5, 0.6) is 0 Å². The van der Waals surface area contributed by atoms with Crippen LogP contribution >= 0.6 is 27.7 Å². The lowest BCUT2D eigenvalue weighted by Crippen LogP contribution is -2.38. The van der Waals surface area contributed by atoms with Crippen molar-refractivity contribution in [1.29, 1.82) is 0 Å². The molecule has 1 aromatic rings. The van der Waals surface area contributed by atoms with E-state index in [-0.39, 0.29) is 12.5 Å². The second-order valence-electron chi connectivity index (χ2n) is 3.42. The molecule has 1 amide bonds. The van der Waals surface area contributed by atoms with Crippen molar-refractivity contribution in [2.45, 2.75) is 3.78 Å². The average molecular weight is 299 g/mol. The molecule has 16 heavy (non-hydrogen) atoms. The molecule has 2 N–H and O–H groups in total. The van der Waals surface area contributed by atoms with E-state index in [9.17, 15) is 4.79 Å². The Balaban J connectivity index is 2.28. The van der Waals surface area contributed by atoms with Gasteiger partial charge in [-0.25, -0.2) is 0 Å². The summed E-state index contributed by atoms with van der Waals surface area (Å²) in [6.45, 7) is 0.198. The zero-order chi connectivity index (χ0) is 11.6. The van der Waals surface area contributed by atoms with Crippen LogP contribution in [0.2, 0.25) is 0 Å². The third-order valence-corrected chi connectivity index (χ3v) is 4.80. The van der Waals surface area contributed by atoms with Gasteiger partial charge < -0.3 is 10.6 Å². The van der Waals surface area contributed by atoms with Crippen molar-refractivity contribution in [3.63, 3.8) is 0 Å². The minimum absolute atomic E-state index is 0.198. The molecule has 1 atom stereocenters. The van der Waals surface area contributed by atoms with Crippen LogP contribution in [0, 0.1) is 0 Å². The van der Waals surface area contributed by atoms with Crippen molar-refractivity contribution in [3.8, 4) is 0 Å². The highest BCUT2D eigenvalue weighted by Crippen LogP contribution is 2.50. The van der Waals surface area contributed by atoms with Crippen LogP contribution in [-0.4, -0.2) is 17.4 Å². The number of carbonyl (C=O) groups excluding carboxylic acids is 1. The summed E-state index contributed by atoms with van der Waals surface area (Å²) in [5, 5.41) is 1.95. The molecule has 1 heterocycles. The number of amides is 1. The molecule has 0 spiro atoms. The zero-order valence-electron chi connectivity index (χ0n) is 8.47. The molecule has 1 aliphatic heterocycles. The van der Waals surface area contributed by atoms with Gasteiger partial charge in [0.2, 0.25) is 5.91 Å². The van der Waals surface area contributed by atoms with Crippen LogP contribution in [0.4, 0.5) is 0 Å². The Hall–Kier alpha value is -0.940. The predicted octanol–water partition coefficient (Wildman–Crippen LogP) is 2.20. The number of hydrogen-bond donors (Lipinski definition) is 1. The van der Waals surface area contributed by atoms with Crippen molar-refractivity contribution < 1.29 is 4.79 Å². The largest absolute Gasteiger partial charge is 0.368 e. The van der Waals surface area contributed by atoms with Gasteiger partial charge in [-0.2, -0.15) is 0 Å². The van der Waals surface area contributed by atoms with Gasteiger partial charge in [-0.05, 0) is 26.9 Å². The molecule has 0 saturated carbocycles. The number of hydrogen-bond acceptors (Lipinski definition) is 3. The van der Waals surface area contributed by atoms with Gasteiger partial charge in [0.15, 0.2) is 3.78 Å². The van der Waals surface area contributed by atoms with Gasteiger partial charge in [-0.1, -0.05) is 42.1 Å². The second-order valence-corrected chi connectivity index (χ2v) is 6.20. The Labute approximate surface area is 107 Å². The molecule has 0 aromatic heterocycles. The molecule has 1 unspecified atom stereocenters. The first-order valence-electron chi connectivity index (χ1n) is 4.77. The molecule has 1 aliphatic rings. The monoisotopic (exact) mass is 298 g/mol. The molecule has 0 radical (unpaired) electrons. The van der Waals surface area contributed by atoms with Gasteiger partial charge in [0.25, 0.3) is 0 Å². The summed E-state index contributed by atoms with van der Waals surface area (Å²) in [7, 11) is 0. The third kappa shape index (κ3) is 2.10. The van der Waals surface area contributed by atoms with Crippen LogP contribution in [0.25, 0.3) is 0 Å². The van der Waals surface area contributed by atoms with Gasteiger partial charge in [0, 0.05) is 6.20 Å². The normalized spacial score (nSPS) is 23.7. The topological polar surface area (TPSA) is 46.3 Å². The molecule has 84 valence electrons. The Bertz CT molecular complexity index is 423. The van der Waals surface area contributed by atoms with E-state index in [1.165, 1.54) is 0 Å². The standard InChI is InChI=1S/C11H11BrN2OS/c12-11(9-4-2-1-3-5-9)14(6-7-16-11)8-10(13)15/h1-7H,8H2,(H2,13,15). The number of primary amides is 1. The van der Waals surface area contributed by atoms with Crippen LogP contribution in [0.1, 0.15) is 5.56 Å². The number of rotatable bonds is 3. The van der Waals surface area contributed by atoms with Gasteiger partial charge in [0.1, 0.15) is 0 Å². The van der Waals surface area contributed by atoms with Gasteiger partial charge in [0.05, 0.1) is 6.54 Å². The maximum absolute atomic E-state index is 11.0. The van der Waals surface area contributed by atoms with Crippen molar-refractivity contribution >= 4 is 33.6 Å². The first kappa shape index (κ1) is 11.5. The van der Waals surface area contributed by atoms with E-state index in [1.807, 2.05) is 46.8 Å². The van der Waals surface area contributed by atoms with E-state index in [1.54, 1.807) is 11.8 Å². The van der Waals surface area contributed by atoms with Crippen LogP contribution in [0.15, 0.2) is 41.9 Å². The zero-order valence-corrected chi connectivity index (χ0v) is 10.9. The van der Waals surface area contributed by atoms with Gasteiger partial charge in [-0.15, -0.1) is 0 Å². The van der Waals surface area contributed by atoms with E-state index in [0.717, 1.165) is 5.56 Å². The summed E-state index contributed by atoms with van der Waals surface area (Å²) < 4.78 is -0.413. The minimum Gasteiger partial charge on any atom is -0.368 e. The summed E-state index contributed by atoms with van der Waals surface area (Å²) in [4.78, 5) is 12.9. The first-order valence-corrected chi connectivity index (χ1v) is 6.44. The lowest BCUT2D eigenvalue weighted by atomic mass is 10.2. The number of nitrogens with zero attached hydrogens (tertiary/aromatic N) is 1. The Morgan fingerprint density at radius 3 is 2.75 bits per heavy atom. The first-order chi connectivity index (χ1) is 7.63. The van der Waals surface area contributed by atoms with E-state index in [0.29, 0.717) is 0 Å². The highest BCUT2D eigenvalue weighted by atomic mass is 79.9. The summed E-state index contributed by atoms with van der Waals surface area (Å²) in [6, 6.07) is 9.94. The number of halogens is 1. The molecular formula is C11H11BrN2OS. The lowest BCUT2D eigenvalue weighted by Gasteiger charge is -2.32. The Kier molecular flexibility index (Phi) is 3.25. The highest BCUT2D eigenvalue weighted by molar-refractivity contribution is 9.11.